The molecule has 1 fully saturated rings. The van der Waals surface area contributed by atoms with Crippen molar-refractivity contribution in [3.05, 3.63) is 65.5 Å². The van der Waals surface area contributed by atoms with Crippen LogP contribution >= 0.6 is 0 Å². The van der Waals surface area contributed by atoms with Crippen LogP contribution in [0.2, 0.25) is 0 Å². The van der Waals surface area contributed by atoms with E-state index in [1.165, 1.54) is 0 Å². The second-order valence-corrected chi connectivity index (χ2v) is 8.72. The average molecular weight is 474 g/mol. The Labute approximate surface area is 196 Å². The maximum atomic E-state index is 13.8. The maximum Gasteiger partial charge on any atom is 0.408 e. The molecule has 0 bridgehead atoms. The molecule has 0 aliphatic heterocycles. The van der Waals surface area contributed by atoms with E-state index in [0.29, 0.717) is 17.7 Å². The predicted octanol–water partition coefficient (Wildman–Crippen LogP) is 5.27. The monoisotopic (exact) mass is 473 g/mol. The van der Waals surface area contributed by atoms with Crippen LogP contribution in [0.3, 0.4) is 0 Å². The second-order valence-electron chi connectivity index (χ2n) is 8.72. The molecular formula is C25H29F2N3O4. The number of alkyl halides is 2. The van der Waals surface area contributed by atoms with Crippen molar-refractivity contribution in [1.29, 1.82) is 0 Å². The van der Waals surface area contributed by atoms with Crippen LogP contribution in [0.5, 0.6) is 0 Å². The van der Waals surface area contributed by atoms with Gasteiger partial charge in [0.05, 0.1) is 12.6 Å². The summed E-state index contributed by atoms with van der Waals surface area (Å²) in [7, 11) is 1.58. The smallest absolute Gasteiger partial charge is 0.408 e. The van der Waals surface area contributed by atoms with E-state index in [4.69, 9.17) is 19.6 Å². The highest BCUT2D eigenvalue weighted by molar-refractivity contribution is 5.74. The first-order valence-electron chi connectivity index (χ1n) is 11.3. The summed E-state index contributed by atoms with van der Waals surface area (Å²) < 4.78 is 44.0. The molecule has 1 aliphatic carbocycles. The van der Waals surface area contributed by atoms with E-state index in [-0.39, 0.29) is 50.1 Å². The molecule has 1 heterocycles. The Morgan fingerprint density at radius 2 is 1.97 bits per heavy atom. The third-order valence-electron chi connectivity index (χ3n) is 6.19. The summed E-state index contributed by atoms with van der Waals surface area (Å²) in [5.74, 6) is -2.69. The number of aromatic nitrogens is 1. The molecule has 34 heavy (non-hydrogen) atoms. The van der Waals surface area contributed by atoms with Crippen molar-refractivity contribution >= 4 is 17.2 Å². The quantitative estimate of drug-likeness (QED) is 0.463. The van der Waals surface area contributed by atoms with Crippen molar-refractivity contribution in [3.63, 3.8) is 0 Å². The molecular weight excluding hydrogens is 444 g/mol. The normalized spacial score (nSPS) is 17.9. The number of amides is 1. The van der Waals surface area contributed by atoms with Gasteiger partial charge in [0.15, 0.2) is 5.58 Å². The molecule has 1 amide bonds. The Bertz CT molecular complexity index is 1100. The summed E-state index contributed by atoms with van der Waals surface area (Å²) in [6, 6.07) is 13.7. The molecule has 1 aromatic heterocycles. The zero-order valence-corrected chi connectivity index (χ0v) is 19.0. The van der Waals surface area contributed by atoms with Crippen molar-refractivity contribution in [2.75, 3.05) is 13.7 Å². The Morgan fingerprint density at radius 1 is 1.24 bits per heavy atom. The second kappa shape index (κ2) is 10.5. The number of carbonyl (C=O) groups excluding carboxylic acids is 1. The minimum absolute atomic E-state index is 0.0937. The van der Waals surface area contributed by atoms with Crippen molar-refractivity contribution in [2.24, 2.45) is 11.7 Å². The molecule has 0 spiro atoms. The number of benzene rings is 2. The van der Waals surface area contributed by atoms with E-state index in [1.807, 2.05) is 42.5 Å². The molecule has 0 saturated heterocycles. The van der Waals surface area contributed by atoms with Crippen molar-refractivity contribution < 1.29 is 27.5 Å². The van der Waals surface area contributed by atoms with E-state index in [0.717, 1.165) is 11.1 Å². The van der Waals surface area contributed by atoms with E-state index in [9.17, 15) is 13.6 Å². The largest absolute Gasteiger partial charge is 0.445 e. The summed E-state index contributed by atoms with van der Waals surface area (Å²) in [6.07, 6.45) is -0.675. The number of rotatable bonds is 8. The summed E-state index contributed by atoms with van der Waals surface area (Å²) in [6.45, 7) is 0.445. The Kier molecular flexibility index (Phi) is 7.43. The number of nitrogens with zero attached hydrogens (tertiary/aromatic N) is 1. The van der Waals surface area contributed by atoms with Crippen LogP contribution in [-0.4, -0.2) is 30.7 Å². The van der Waals surface area contributed by atoms with Crippen LogP contribution in [0.4, 0.5) is 13.6 Å². The highest BCUT2D eigenvalue weighted by Crippen LogP contribution is 2.41. The third-order valence-corrected chi connectivity index (χ3v) is 6.19. The molecule has 1 saturated carbocycles. The maximum absolute atomic E-state index is 13.8. The lowest BCUT2D eigenvalue weighted by molar-refractivity contribution is -0.0505. The van der Waals surface area contributed by atoms with Gasteiger partial charge in [-0.1, -0.05) is 36.4 Å². The Morgan fingerprint density at radius 3 is 2.68 bits per heavy atom. The molecule has 7 nitrogen and oxygen atoms in total. The number of nitrogens with two attached hydrogens (primary N) is 1. The summed E-state index contributed by atoms with van der Waals surface area (Å²) in [4.78, 5) is 17.2. The lowest BCUT2D eigenvalue weighted by atomic mass is 9.82. The minimum Gasteiger partial charge on any atom is -0.445 e. The van der Waals surface area contributed by atoms with Gasteiger partial charge in [0.2, 0.25) is 11.8 Å². The number of methoxy groups -OCH3 is 1. The van der Waals surface area contributed by atoms with Gasteiger partial charge in [0, 0.05) is 20.0 Å². The molecule has 1 unspecified atom stereocenters. The van der Waals surface area contributed by atoms with Crippen LogP contribution in [0, 0.1) is 5.92 Å². The first-order valence-corrected chi connectivity index (χ1v) is 11.3. The topological polar surface area (TPSA) is 99.6 Å². The fraction of sp³-hybridized carbons (Fsp3) is 0.440. The van der Waals surface area contributed by atoms with Gasteiger partial charge in [-0.05, 0) is 42.0 Å². The number of nitrogens with one attached hydrogen (secondary N) is 1. The highest BCUT2D eigenvalue weighted by Gasteiger charge is 2.40. The van der Waals surface area contributed by atoms with Crippen LogP contribution in [0.1, 0.15) is 54.8 Å². The molecule has 2 aromatic carbocycles. The Balaban J connectivity index is 1.54. The number of halogens is 2. The molecule has 4 rings (SSSR count). The van der Waals surface area contributed by atoms with Gasteiger partial charge in [-0.2, -0.15) is 0 Å². The lowest BCUT2D eigenvalue weighted by Crippen LogP contribution is -2.37. The first kappa shape index (κ1) is 24.1. The van der Waals surface area contributed by atoms with Gasteiger partial charge in [-0.15, -0.1) is 0 Å². The number of hydrogen-bond donors (Lipinski definition) is 2. The van der Waals surface area contributed by atoms with E-state index < -0.39 is 18.1 Å². The summed E-state index contributed by atoms with van der Waals surface area (Å²) >= 11 is 0. The third kappa shape index (κ3) is 5.90. The van der Waals surface area contributed by atoms with Gasteiger partial charge < -0.3 is 24.9 Å². The molecule has 1 aliphatic rings. The van der Waals surface area contributed by atoms with Crippen LogP contribution in [0.15, 0.2) is 52.9 Å². The number of fused-ring (bicyclic) bond motifs is 1. The molecule has 2 atom stereocenters. The summed E-state index contributed by atoms with van der Waals surface area (Å²) in [5, 5.41) is 2.81. The Hall–Kier alpha value is -3.04. The lowest BCUT2D eigenvalue weighted by Gasteiger charge is -2.32. The van der Waals surface area contributed by atoms with E-state index in [2.05, 4.69) is 10.3 Å². The number of oxazole rings is 1. The highest BCUT2D eigenvalue weighted by atomic mass is 19.3. The molecule has 9 heteroatoms. The van der Waals surface area contributed by atoms with Crippen LogP contribution in [-0.2, 0) is 16.1 Å². The fourth-order valence-corrected chi connectivity index (χ4v) is 4.27. The number of ether oxygens (including phenoxy) is 2. The SMILES string of the molecule is COCC(N)c1ccc2oc([C@H](NC(=O)OCc3ccccc3)C3CCC(F)(F)CC3)nc2c1. The van der Waals surface area contributed by atoms with Crippen LogP contribution in [0.25, 0.3) is 11.1 Å². The molecule has 3 N–H and O–H groups in total. The number of carbonyl (C=O) groups is 1. The van der Waals surface area contributed by atoms with Crippen molar-refractivity contribution in [1.82, 2.24) is 10.3 Å². The van der Waals surface area contributed by atoms with Crippen molar-refractivity contribution in [2.45, 2.75) is 50.3 Å². The average Bonchev–Trinajstić information content (AvgIpc) is 3.25. The predicted molar refractivity (Wildman–Crippen MR) is 122 cm³/mol. The van der Waals surface area contributed by atoms with E-state index >= 15 is 0 Å². The van der Waals surface area contributed by atoms with Gasteiger partial charge >= 0.3 is 6.09 Å². The van der Waals surface area contributed by atoms with Gasteiger partial charge in [0.25, 0.3) is 0 Å². The standard InChI is InChI=1S/C25H29F2N3O4/c1-32-15-19(28)18-7-8-21-20(13-18)29-23(34-21)22(17-9-11-25(26,27)12-10-17)30-24(31)33-14-16-5-3-2-4-6-16/h2-8,13,17,19,22H,9-12,14-15,28H2,1H3,(H,30,31)/t19?,22-/m1/s1. The minimum atomic E-state index is -2.69. The van der Waals surface area contributed by atoms with Gasteiger partial charge in [-0.25, -0.2) is 18.6 Å². The van der Waals surface area contributed by atoms with Gasteiger partial charge in [-0.3, -0.25) is 0 Å². The molecule has 3 aromatic rings. The van der Waals surface area contributed by atoms with Gasteiger partial charge in [0.1, 0.15) is 18.2 Å². The zero-order chi connectivity index (χ0) is 24.1. The zero-order valence-electron chi connectivity index (χ0n) is 19.0. The molecule has 182 valence electrons. The molecule has 0 radical (unpaired) electrons. The first-order chi connectivity index (χ1) is 16.3. The summed E-state index contributed by atoms with van der Waals surface area (Å²) in [5.41, 5.74) is 8.89. The van der Waals surface area contributed by atoms with Crippen LogP contribution < -0.4 is 11.1 Å². The van der Waals surface area contributed by atoms with Crippen molar-refractivity contribution in [3.8, 4) is 0 Å². The number of alkyl carbamates (subject to hydrolysis) is 1. The van der Waals surface area contributed by atoms with E-state index in [1.54, 1.807) is 13.2 Å². The number of hydrogen-bond acceptors (Lipinski definition) is 6. The fourth-order valence-electron chi connectivity index (χ4n) is 4.27.